The molecule has 1 aromatic heterocycles. The van der Waals surface area contributed by atoms with Crippen molar-refractivity contribution in [1.82, 2.24) is 14.5 Å². The Morgan fingerprint density at radius 1 is 1.33 bits per heavy atom. The van der Waals surface area contributed by atoms with Gasteiger partial charge in [-0.25, -0.2) is 13.2 Å². The molecule has 0 bridgehead atoms. The van der Waals surface area contributed by atoms with Gasteiger partial charge in [-0.2, -0.15) is 9.40 Å². The minimum atomic E-state index is -3.86. The highest BCUT2D eigenvalue weighted by molar-refractivity contribution is 7.89. The summed E-state index contributed by atoms with van der Waals surface area (Å²) in [5, 5.41) is 15.1. The fourth-order valence-electron chi connectivity index (χ4n) is 2.83. The fraction of sp³-hybridized carbons (Fsp3) is 0.692. The molecule has 0 saturated heterocycles. The van der Waals surface area contributed by atoms with Gasteiger partial charge < -0.3 is 5.11 Å². The maximum atomic E-state index is 12.7. The van der Waals surface area contributed by atoms with Gasteiger partial charge in [0.2, 0.25) is 10.0 Å². The van der Waals surface area contributed by atoms with Crippen molar-refractivity contribution in [2.24, 2.45) is 5.92 Å². The lowest BCUT2D eigenvalue weighted by Gasteiger charge is -2.32. The van der Waals surface area contributed by atoms with Crippen molar-refractivity contribution in [2.75, 3.05) is 7.05 Å². The molecule has 0 unspecified atom stereocenters. The summed E-state index contributed by atoms with van der Waals surface area (Å²) in [4.78, 5) is 10.9. The van der Waals surface area contributed by atoms with Gasteiger partial charge in [0, 0.05) is 13.1 Å². The molecule has 0 spiro atoms. The van der Waals surface area contributed by atoms with Crippen molar-refractivity contribution >= 4 is 16.0 Å². The number of nitrogens with one attached hydrogen (secondary N) is 1. The third kappa shape index (κ3) is 2.96. The molecule has 7 nitrogen and oxygen atoms in total. The smallest absolute Gasteiger partial charge is 0.357 e. The predicted molar refractivity (Wildman–Crippen MR) is 76.7 cm³/mol. The number of aromatic nitrogens is 2. The molecule has 1 aliphatic rings. The Morgan fingerprint density at radius 2 is 1.90 bits per heavy atom. The van der Waals surface area contributed by atoms with Crippen LogP contribution in [0.1, 0.15) is 48.8 Å². The zero-order valence-corrected chi connectivity index (χ0v) is 13.3. The minimum absolute atomic E-state index is 0.0813. The number of aromatic amines is 1. The normalized spacial score (nSPS) is 23.4. The van der Waals surface area contributed by atoms with Crippen molar-refractivity contribution in [3.63, 3.8) is 0 Å². The van der Waals surface area contributed by atoms with Gasteiger partial charge in [-0.15, -0.1) is 0 Å². The summed E-state index contributed by atoms with van der Waals surface area (Å²) < 4.78 is 26.8. The molecular weight excluding hydrogens is 294 g/mol. The third-order valence-corrected chi connectivity index (χ3v) is 6.30. The highest BCUT2D eigenvalue weighted by atomic mass is 32.2. The molecule has 1 heterocycles. The number of sulfonamides is 1. The Morgan fingerprint density at radius 3 is 2.43 bits per heavy atom. The second-order valence-electron chi connectivity index (χ2n) is 5.77. The van der Waals surface area contributed by atoms with Crippen LogP contribution in [0.25, 0.3) is 0 Å². The van der Waals surface area contributed by atoms with Gasteiger partial charge in [-0.1, -0.05) is 6.92 Å². The number of carboxylic acid groups (broad SMARTS) is 1. The van der Waals surface area contributed by atoms with Gasteiger partial charge in [0.15, 0.2) is 5.69 Å². The molecule has 0 atom stereocenters. The van der Waals surface area contributed by atoms with Crippen LogP contribution in [-0.4, -0.2) is 47.1 Å². The summed E-state index contributed by atoms with van der Waals surface area (Å²) in [7, 11) is -2.34. The number of carbonyl (C=O) groups is 1. The molecular formula is C13H21N3O4S. The summed E-state index contributed by atoms with van der Waals surface area (Å²) >= 11 is 0. The largest absolute Gasteiger partial charge is 0.476 e. The number of hydrogen-bond donors (Lipinski definition) is 2. The van der Waals surface area contributed by atoms with Crippen LogP contribution in [0.2, 0.25) is 0 Å². The first-order valence-electron chi connectivity index (χ1n) is 7.01. The Bertz CT molecular complexity index is 630. The molecule has 0 aliphatic heterocycles. The number of aromatic carboxylic acids is 1. The minimum Gasteiger partial charge on any atom is -0.476 e. The molecule has 0 aromatic carbocycles. The standard InChI is InChI=1S/C13H21N3O4S/c1-8-4-6-10(7-5-8)16(3)21(19,20)12-9(2)14-15-11(12)13(17)18/h8,10H,4-7H2,1-3H3,(H,14,15)(H,17,18). The van der Waals surface area contributed by atoms with Crippen LogP contribution in [0.15, 0.2) is 4.90 Å². The lowest BCUT2D eigenvalue weighted by atomic mass is 9.87. The first-order chi connectivity index (χ1) is 9.75. The second-order valence-corrected chi connectivity index (χ2v) is 7.70. The first kappa shape index (κ1) is 16.0. The van der Waals surface area contributed by atoms with E-state index in [-0.39, 0.29) is 16.6 Å². The summed E-state index contributed by atoms with van der Waals surface area (Å²) in [6.45, 7) is 3.68. The highest BCUT2D eigenvalue weighted by Crippen LogP contribution is 2.31. The second kappa shape index (κ2) is 5.76. The fourth-order valence-corrected chi connectivity index (χ4v) is 4.53. The van der Waals surface area contributed by atoms with E-state index in [2.05, 4.69) is 17.1 Å². The zero-order valence-electron chi connectivity index (χ0n) is 12.5. The molecule has 2 N–H and O–H groups in total. The predicted octanol–water partition coefficient (Wildman–Crippen LogP) is 1.62. The van der Waals surface area contributed by atoms with Crippen LogP contribution in [0.4, 0.5) is 0 Å². The van der Waals surface area contributed by atoms with E-state index in [0.717, 1.165) is 25.7 Å². The number of aryl methyl sites for hydroxylation is 1. The zero-order chi connectivity index (χ0) is 15.8. The van der Waals surface area contributed by atoms with Gasteiger partial charge in [0.1, 0.15) is 4.90 Å². The van der Waals surface area contributed by atoms with E-state index < -0.39 is 21.7 Å². The maximum absolute atomic E-state index is 12.7. The van der Waals surface area contributed by atoms with Crippen molar-refractivity contribution in [3.8, 4) is 0 Å². The number of hydrogen-bond acceptors (Lipinski definition) is 4. The Labute approximate surface area is 124 Å². The van der Waals surface area contributed by atoms with Gasteiger partial charge in [0.25, 0.3) is 0 Å². The Kier molecular flexibility index (Phi) is 4.38. The Balaban J connectivity index is 2.34. The van der Waals surface area contributed by atoms with E-state index >= 15 is 0 Å². The molecule has 1 saturated carbocycles. The summed E-state index contributed by atoms with van der Waals surface area (Å²) in [5.74, 6) is -0.730. The van der Waals surface area contributed by atoms with Gasteiger partial charge in [-0.3, -0.25) is 5.10 Å². The molecule has 0 radical (unpaired) electrons. The average Bonchev–Trinajstić information content (AvgIpc) is 2.81. The van der Waals surface area contributed by atoms with Crippen LogP contribution in [0.5, 0.6) is 0 Å². The van der Waals surface area contributed by atoms with E-state index in [0.29, 0.717) is 5.92 Å². The van der Waals surface area contributed by atoms with Gasteiger partial charge in [-0.05, 0) is 38.5 Å². The van der Waals surface area contributed by atoms with Gasteiger partial charge in [0.05, 0.1) is 5.69 Å². The van der Waals surface area contributed by atoms with Crippen LogP contribution >= 0.6 is 0 Å². The van der Waals surface area contributed by atoms with Gasteiger partial charge >= 0.3 is 5.97 Å². The Hall–Kier alpha value is -1.41. The quantitative estimate of drug-likeness (QED) is 0.878. The van der Waals surface area contributed by atoms with E-state index in [1.54, 1.807) is 0 Å². The monoisotopic (exact) mass is 315 g/mol. The number of H-pyrrole nitrogens is 1. The third-order valence-electron chi connectivity index (χ3n) is 4.23. The van der Waals surface area contributed by atoms with E-state index in [9.17, 15) is 13.2 Å². The van der Waals surface area contributed by atoms with Crippen molar-refractivity contribution < 1.29 is 18.3 Å². The molecule has 2 rings (SSSR count). The van der Waals surface area contributed by atoms with Crippen LogP contribution in [0.3, 0.4) is 0 Å². The summed E-state index contributed by atoms with van der Waals surface area (Å²) in [5.41, 5.74) is -0.188. The summed E-state index contributed by atoms with van der Waals surface area (Å²) in [6, 6.07) is -0.0813. The number of nitrogens with zero attached hydrogens (tertiary/aromatic N) is 2. The molecule has 1 fully saturated rings. The van der Waals surface area contributed by atoms with Crippen LogP contribution < -0.4 is 0 Å². The average molecular weight is 315 g/mol. The number of carboxylic acids is 1. The molecule has 0 amide bonds. The number of rotatable bonds is 4. The molecule has 8 heteroatoms. The van der Waals surface area contributed by atoms with Crippen molar-refractivity contribution in [2.45, 2.75) is 50.5 Å². The molecule has 118 valence electrons. The first-order valence-corrected chi connectivity index (χ1v) is 8.45. The van der Waals surface area contributed by atoms with Crippen LogP contribution in [0, 0.1) is 12.8 Å². The van der Waals surface area contributed by atoms with E-state index in [1.165, 1.54) is 18.3 Å². The lowest BCUT2D eigenvalue weighted by Crippen LogP contribution is -2.39. The molecule has 21 heavy (non-hydrogen) atoms. The van der Waals surface area contributed by atoms with Crippen molar-refractivity contribution in [1.29, 1.82) is 0 Å². The maximum Gasteiger partial charge on any atom is 0.357 e. The highest BCUT2D eigenvalue weighted by Gasteiger charge is 2.36. The van der Waals surface area contributed by atoms with E-state index in [1.807, 2.05) is 0 Å². The molecule has 1 aliphatic carbocycles. The topological polar surface area (TPSA) is 103 Å². The molecule has 1 aromatic rings. The van der Waals surface area contributed by atoms with Crippen LogP contribution in [-0.2, 0) is 10.0 Å². The lowest BCUT2D eigenvalue weighted by molar-refractivity contribution is 0.0686. The van der Waals surface area contributed by atoms with E-state index in [4.69, 9.17) is 5.11 Å². The van der Waals surface area contributed by atoms with Crippen molar-refractivity contribution in [3.05, 3.63) is 11.4 Å². The summed E-state index contributed by atoms with van der Waals surface area (Å²) in [6.07, 6.45) is 3.58. The SMILES string of the molecule is Cc1[nH]nc(C(=O)O)c1S(=O)(=O)N(C)C1CCC(C)CC1.